The Kier molecular flexibility index (Phi) is 5.65. The molecule has 4 rings (SSSR count). The Labute approximate surface area is 183 Å². The lowest BCUT2D eigenvalue weighted by Crippen LogP contribution is -2.31. The summed E-state index contributed by atoms with van der Waals surface area (Å²) in [6.45, 7) is 5.97. The maximum atomic E-state index is 14.0. The fraction of sp³-hybridized carbons (Fsp3) is 0.120. The van der Waals surface area contributed by atoms with Crippen molar-refractivity contribution in [3.8, 4) is 0 Å². The van der Waals surface area contributed by atoms with E-state index < -0.39 is 10.0 Å². The lowest BCUT2D eigenvalue weighted by molar-refractivity contribution is 0.591. The number of hydrogen-bond donors (Lipinski definition) is 0. The summed E-state index contributed by atoms with van der Waals surface area (Å²) in [4.78, 5) is 6.37. The Morgan fingerprint density at radius 1 is 0.871 bits per heavy atom. The number of benzene rings is 3. The van der Waals surface area contributed by atoms with Crippen molar-refractivity contribution in [1.29, 1.82) is 0 Å². The van der Waals surface area contributed by atoms with Gasteiger partial charge in [-0.2, -0.15) is 0 Å². The van der Waals surface area contributed by atoms with Crippen LogP contribution in [0.5, 0.6) is 0 Å². The highest BCUT2D eigenvalue weighted by Gasteiger charge is 2.27. The van der Waals surface area contributed by atoms with Gasteiger partial charge in [0.2, 0.25) is 0 Å². The summed E-state index contributed by atoms with van der Waals surface area (Å²) in [6, 6.07) is 21.8. The van der Waals surface area contributed by atoms with Crippen molar-refractivity contribution in [3.05, 3.63) is 103 Å². The minimum Gasteiger partial charge on any atom is -0.377 e. The first-order chi connectivity index (χ1) is 14.9. The maximum Gasteiger partial charge on any atom is 0.265 e. The Hall–Kier alpha value is -3.38. The van der Waals surface area contributed by atoms with E-state index in [1.807, 2.05) is 55.4 Å². The molecule has 0 unspecified atom stereocenters. The predicted octanol–water partition coefficient (Wildman–Crippen LogP) is 4.76. The summed E-state index contributed by atoms with van der Waals surface area (Å²) in [5.41, 5.74) is 2.92. The van der Waals surface area contributed by atoms with Gasteiger partial charge in [-0.3, -0.25) is 9.29 Å². The molecule has 0 saturated carbocycles. The van der Waals surface area contributed by atoms with E-state index >= 15 is 0 Å². The van der Waals surface area contributed by atoms with Crippen LogP contribution in [0.25, 0.3) is 10.8 Å². The minimum absolute atomic E-state index is 0.165. The third-order valence-electron chi connectivity index (χ3n) is 5.15. The highest BCUT2D eigenvalue weighted by molar-refractivity contribution is 7.93. The summed E-state index contributed by atoms with van der Waals surface area (Å²) in [6.07, 6.45) is 3.18. The molecule has 0 fully saturated rings. The zero-order chi connectivity index (χ0) is 22.0. The lowest BCUT2D eigenvalue weighted by Gasteiger charge is -2.25. The molecule has 1 heterocycles. The van der Waals surface area contributed by atoms with E-state index in [-0.39, 0.29) is 11.4 Å². The first-order valence-corrected chi connectivity index (χ1v) is 11.3. The molecule has 2 radical (unpaired) electrons. The minimum atomic E-state index is -3.89. The molecule has 0 amide bonds. The number of hydrogen-bond acceptors (Lipinski definition) is 4. The van der Waals surface area contributed by atoms with Crippen molar-refractivity contribution >= 4 is 32.2 Å². The van der Waals surface area contributed by atoms with E-state index in [1.54, 1.807) is 48.8 Å². The normalized spacial score (nSPS) is 11.5. The second kappa shape index (κ2) is 8.40. The quantitative estimate of drug-likeness (QED) is 0.444. The SMILES string of the molecule is [CH]c1ccc(CN(c2cccnc2)S(=O)(=O)c2cccc3c(N(C)C)cccc23)cc1. The van der Waals surface area contributed by atoms with Crippen molar-refractivity contribution in [3.63, 3.8) is 0 Å². The summed E-state index contributed by atoms with van der Waals surface area (Å²) in [7, 11) is -0.00104. The number of rotatable bonds is 6. The van der Waals surface area contributed by atoms with Gasteiger partial charge in [0.25, 0.3) is 10.0 Å². The maximum absolute atomic E-state index is 14.0. The molecular weight excluding hydrogens is 406 g/mol. The van der Waals surface area contributed by atoms with Crippen LogP contribution in [-0.4, -0.2) is 27.5 Å². The van der Waals surface area contributed by atoms with Crippen LogP contribution in [0.3, 0.4) is 0 Å². The third kappa shape index (κ3) is 4.11. The van der Waals surface area contributed by atoms with Crippen molar-refractivity contribution in [2.75, 3.05) is 23.3 Å². The van der Waals surface area contributed by atoms with Gasteiger partial charge in [0.05, 0.1) is 23.3 Å². The fourth-order valence-electron chi connectivity index (χ4n) is 3.60. The summed E-state index contributed by atoms with van der Waals surface area (Å²) in [5, 5.41) is 1.56. The molecule has 0 saturated heterocycles. The molecule has 0 atom stereocenters. The summed E-state index contributed by atoms with van der Waals surface area (Å²) < 4.78 is 29.3. The second-order valence-corrected chi connectivity index (χ2v) is 9.32. The number of nitrogens with zero attached hydrogens (tertiary/aromatic N) is 3. The van der Waals surface area contributed by atoms with Gasteiger partial charge in [0.15, 0.2) is 0 Å². The Morgan fingerprint density at radius 2 is 1.58 bits per heavy atom. The molecular formula is C25H23N3O2S. The first-order valence-electron chi connectivity index (χ1n) is 9.84. The molecule has 0 aliphatic carbocycles. The molecule has 0 aliphatic heterocycles. The van der Waals surface area contributed by atoms with Gasteiger partial charge in [-0.25, -0.2) is 8.42 Å². The van der Waals surface area contributed by atoms with Crippen molar-refractivity contribution in [1.82, 2.24) is 4.98 Å². The van der Waals surface area contributed by atoms with Gasteiger partial charge in [0, 0.05) is 36.8 Å². The summed E-state index contributed by atoms with van der Waals surface area (Å²) in [5.74, 6) is 0. The van der Waals surface area contributed by atoms with Crippen LogP contribution in [0.15, 0.2) is 90.1 Å². The largest absolute Gasteiger partial charge is 0.377 e. The molecule has 6 heteroatoms. The molecule has 0 N–H and O–H groups in total. The molecule has 4 aromatic rings. The molecule has 31 heavy (non-hydrogen) atoms. The summed E-state index contributed by atoms with van der Waals surface area (Å²) >= 11 is 0. The number of sulfonamides is 1. The average Bonchev–Trinajstić information content (AvgIpc) is 2.78. The third-order valence-corrected chi connectivity index (χ3v) is 6.98. The lowest BCUT2D eigenvalue weighted by atomic mass is 10.1. The van der Waals surface area contributed by atoms with E-state index in [2.05, 4.69) is 4.98 Å². The van der Waals surface area contributed by atoms with Crippen LogP contribution in [0.1, 0.15) is 11.1 Å². The molecule has 156 valence electrons. The van der Waals surface area contributed by atoms with E-state index in [0.717, 1.165) is 16.6 Å². The van der Waals surface area contributed by atoms with Gasteiger partial charge >= 0.3 is 0 Å². The highest BCUT2D eigenvalue weighted by atomic mass is 32.2. The highest BCUT2D eigenvalue weighted by Crippen LogP contribution is 2.33. The van der Waals surface area contributed by atoms with Crippen LogP contribution in [-0.2, 0) is 16.6 Å². The predicted molar refractivity (Wildman–Crippen MR) is 126 cm³/mol. The van der Waals surface area contributed by atoms with Crippen LogP contribution in [0.4, 0.5) is 11.4 Å². The molecule has 3 aromatic carbocycles. The van der Waals surface area contributed by atoms with Crippen LogP contribution < -0.4 is 9.21 Å². The van der Waals surface area contributed by atoms with E-state index in [0.29, 0.717) is 16.6 Å². The first kappa shape index (κ1) is 20.9. The van der Waals surface area contributed by atoms with Crippen molar-refractivity contribution in [2.24, 2.45) is 0 Å². The van der Waals surface area contributed by atoms with Gasteiger partial charge in [-0.1, -0.05) is 48.5 Å². The van der Waals surface area contributed by atoms with Crippen molar-refractivity contribution in [2.45, 2.75) is 11.4 Å². The van der Waals surface area contributed by atoms with Crippen LogP contribution in [0, 0.1) is 6.92 Å². The van der Waals surface area contributed by atoms with Gasteiger partial charge in [-0.15, -0.1) is 0 Å². The zero-order valence-corrected chi connectivity index (χ0v) is 18.3. The Bertz CT molecular complexity index is 1300. The second-order valence-electron chi connectivity index (χ2n) is 7.49. The standard InChI is InChI=1S/C25H23N3O2S/c1-19-12-14-20(15-13-19)18-28(21-7-6-16-26-17-21)31(29,30)25-11-5-8-22-23(25)9-4-10-24(22)27(2)3/h1,4-17H,18H2,2-3H3. The zero-order valence-electron chi connectivity index (χ0n) is 17.4. The number of fused-ring (bicyclic) bond motifs is 1. The Morgan fingerprint density at radius 3 is 2.26 bits per heavy atom. The Balaban J connectivity index is 1.89. The van der Waals surface area contributed by atoms with Gasteiger partial charge in [-0.05, 0) is 42.3 Å². The molecule has 5 nitrogen and oxygen atoms in total. The fourth-order valence-corrected chi connectivity index (χ4v) is 5.25. The van der Waals surface area contributed by atoms with E-state index in [1.165, 1.54) is 4.31 Å². The average molecular weight is 430 g/mol. The molecule has 0 bridgehead atoms. The number of anilines is 2. The van der Waals surface area contributed by atoms with E-state index in [4.69, 9.17) is 6.92 Å². The monoisotopic (exact) mass is 429 g/mol. The molecule has 1 aromatic heterocycles. The smallest absolute Gasteiger partial charge is 0.265 e. The topological polar surface area (TPSA) is 53.5 Å². The van der Waals surface area contributed by atoms with Gasteiger partial charge in [0.1, 0.15) is 0 Å². The molecule has 0 spiro atoms. The number of aromatic nitrogens is 1. The van der Waals surface area contributed by atoms with Crippen LogP contribution in [0.2, 0.25) is 0 Å². The van der Waals surface area contributed by atoms with Gasteiger partial charge < -0.3 is 4.90 Å². The van der Waals surface area contributed by atoms with Crippen LogP contribution >= 0.6 is 0 Å². The van der Waals surface area contributed by atoms with Crippen molar-refractivity contribution < 1.29 is 8.42 Å². The number of pyridine rings is 1. The van der Waals surface area contributed by atoms with E-state index in [9.17, 15) is 8.42 Å². The molecule has 0 aliphatic rings.